The highest BCUT2D eigenvalue weighted by atomic mass is 16.4. The third-order valence-corrected chi connectivity index (χ3v) is 10.7. The second-order valence-electron chi connectivity index (χ2n) is 13.0. The van der Waals surface area contributed by atoms with Gasteiger partial charge in [-0.25, -0.2) is 0 Å². The molecule has 4 rings (SSSR count). The first-order chi connectivity index (χ1) is 15.6. The molecule has 7 nitrogen and oxygen atoms in total. The van der Waals surface area contributed by atoms with Crippen molar-refractivity contribution in [2.45, 2.75) is 115 Å². The van der Waals surface area contributed by atoms with Gasteiger partial charge in [0.15, 0.2) is 5.78 Å². The first-order valence-electron chi connectivity index (χ1n) is 13.0. The third-order valence-electron chi connectivity index (χ3n) is 10.7. The zero-order valence-corrected chi connectivity index (χ0v) is 21.2. The predicted octanol–water partition coefficient (Wildman–Crippen LogP) is 1.71. The summed E-state index contributed by atoms with van der Waals surface area (Å²) in [4.78, 5) is 13.3. The highest BCUT2D eigenvalue weighted by Gasteiger charge is 2.68. The minimum absolute atomic E-state index is 0.0421. The van der Waals surface area contributed by atoms with Crippen molar-refractivity contribution < 1.29 is 35.4 Å². The number of aliphatic hydroxyl groups is 6. The van der Waals surface area contributed by atoms with Gasteiger partial charge >= 0.3 is 0 Å². The van der Waals surface area contributed by atoms with Crippen LogP contribution in [0.15, 0.2) is 11.6 Å². The fourth-order valence-electron chi connectivity index (χ4n) is 8.32. The lowest BCUT2D eigenvalue weighted by molar-refractivity contribution is -0.199. The van der Waals surface area contributed by atoms with Gasteiger partial charge < -0.3 is 30.6 Å². The summed E-state index contributed by atoms with van der Waals surface area (Å²) in [6, 6.07) is 0. The Balaban J connectivity index is 1.65. The number of rotatable bonds is 5. The number of hydrogen-bond donors (Lipinski definition) is 6. The topological polar surface area (TPSA) is 138 Å². The van der Waals surface area contributed by atoms with Crippen molar-refractivity contribution in [3.05, 3.63) is 11.6 Å². The molecule has 4 aliphatic carbocycles. The van der Waals surface area contributed by atoms with E-state index in [2.05, 4.69) is 6.92 Å². The van der Waals surface area contributed by atoms with Gasteiger partial charge in [-0.3, -0.25) is 4.79 Å². The minimum atomic E-state index is -1.32. The van der Waals surface area contributed by atoms with E-state index in [-0.39, 0.29) is 30.0 Å². The highest BCUT2D eigenvalue weighted by molar-refractivity contribution is 5.95. The predicted molar refractivity (Wildman–Crippen MR) is 127 cm³/mol. The average Bonchev–Trinajstić information content (AvgIpc) is 3.03. The van der Waals surface area contributed by atoms with E-state index in [9.17, 15) is 35.4 Å². The molecule has 0 aliphatic heterocycles. The molecule has 7 heteroatoms. The number of hydrogen-bond acceptors (Lipinski definition) is 7. The molecule has 0 bridgehead atoms. The first-order valence-corrected chi connectivity index (χ1v) is 13.0. The molecule has 194 valence electrons. The smallest absolute Gasteiger partial charge is 0.159 e. The molecule has 6 N–H and O–H groups in total. The van der Waals surface area contributed by atoms with Crippen LogP contribution in [-0.4, -0.2) is 72.0 Å². The minimum Gasteiger partial charge on any atom is -0.393 e. The largest absolute Gasteiger partial charge is 0.393 e. The van der Waals surface area contributed by atoms with E-state index in [1.165, 1.54) is 0 Å². The molecule has 0 aromatic rings. The SMILES string of the molecule is CC([C@H](O)CCC(C)(C)O)[C@H]1CC[C@@]2(O)C3=CC(=O)[C@@H]4C[C@@H](O)[C@H](O)C(O)[C@]4(C)C3CC[C@]12C. The van der Waals surface area contributed by atoms with E-state index in [1.54, 1.807) is 19.9 Å². The lowest BCUT2D eigenvalue weighted by atomic mass is 9.45. The second-order valence-corrected chi connectivity index (χ2v) is 13.0. The molecule has 0 radical (unpaired) electrons. The maximum atomic E-state index is 13.3. The Morgan fingerprint density at radius 1 is 1.12 bits per heavy atom. The molecular weight excluding hydrogens is 436 g/mol. The van der Waals surface area contributed by atoms with Crippen molar-refractivity contribution in [3.63, 3.8) is 0 Å². The number of aliphatic hydroxyl groups excluding tert-OH is 4. The number of fused-ring (bicyclic) bond motifs is 5. The van der Waals surface area contributed by atoms with Gasteiger partial charge in [0.1, 0.15) is 6.10 Å². The molecule has 0 saturated heterocycles. The summed E-state index contributed by atoms with van der Waals surface area (Å²) in [5.74, 6) is -1.10. The molecule has 3 fully saturated rings. The fourth-order valence-corrected chi connectivity index (χ4v) is 8.32. The van der Waals surface area contributed by atoms with E-state index in [0.717, 1.165) is 6.42 Å². The number of ketones is 1. The van der Waals surface area contributed by atoms with Crippen molar-refractivity contribution in [3.8, 4) is 0 Å². The maximum Gasteiger partial charge on any atom is 0.159 e. The first kappa shape index (κ1) is 26.2. The summed E-state index contributed by atoms with van der Waals surface area (Å²) in [6.07, 6.45) is 0.856. The standard InChI is InChI=1S/C27H44O7/c1-14(19(28)8-9-24(2,3)33)15-7-11-27(34)17-12-20(29)18-13-21(30)22(31)23(32)26(18,5)16(17)6-10-25(15,27)4/h12,14-16,18-19,21-23,28,30-34H,6-11,13H2,1-5H3/t14?,15-,16?,18+,19-,21-,22+,23?,25-,26-,27-/m1/s1. The summed E-state index contributed by atoms with van der Waals surface area (Å²) >= 11 is 0. The van der Waals surface area contributed by atoms with Crippen molar-refractivity contribution in [1.82, 2.24) is 0 Å². The molecular formula is C27H44O7. The summed E-state index contributed by atoms with van der Waals surface area (Å²) in [5, 5.41) is 65.0. The van der Waals surface area contributed by atoms with Gasteiger partial charge in [0.25, 0.3) is 0 Å². The van der Waals surface area contributed by atoms with Crippen LogP contribution in [0.1, 0.15) is 79.6 Å². The molecule has 0 spiro atoms. The monoisotopic (exact) mass is 480 g/mol. The third kappa shape index (κ3) is 3.65. The van der Waals surface area contributed by atoms with E-state index >= 15 is 0 Å². The van der Waals surface area contributed by atoms with Crippen LogP contribution in [0.2, 0.25) is 0 Å². The zero-order valence-electron chi connectivity index (χ0n) is 21.2. The molecule has 11 atom stereocenters. The van der Waals surface area contributed by atoms with Gasteiger partial charge in [-0.1, -0.05) is 20.8 Å². The lowest BCUT2D eigenvalue weighted by Crippen LogP contribution is -2.66. The summed E-state index contributed by atoms with van der Waals surface area (Å²) in [7, 11) is 0. The molecule has 4 aliphatic rings. The van der Waals surface area contributed by atoms with Gasteiger partial charge in [-0.05, 0) is 88.2 Å². The molecule has 3 unspecified atom stereocenters. The van der Waals surface area contributed by atoms with E-state index in [0.29, 0.717) is 37.7 Å². The Morgan fingerprint density at radius 2 is 1.76 bits per heavy atom. The Morgan fingerprint density at radius 3 is 2.38 bits per heavy atom. The second kappa shape index (κ2) is 8.35. The highest BCUT2D eigenvalue weighted by Crippen LogP contribution is 2.68. The normalized spacial score (nSPS) is 48.4. The van der Waals surface area contributed by atoms with Gasteiger partial charge in [0, 0.05) is 16.7 Å². The molecule has 0 amide bonds. The van der Waals surface area contributed by atoms with Gasteiger partial charge in [-0.15, -0.1) is 0 Å². The van der Waals surface area contributed by atoms with Crippen molar-refractivity contribution in [2.24, 2.45) is 34.5 Å². The molecule has 0 aromatic carbocycles. The van der Waals surface area contributed by atoms with Crippen LogP contribution in [0.25, 0.3) is 0 Å². The van der Waals surface area contributed by atoms with Gasteiger partial charge in [0.2, 0.25) is 0 Å². The molecule has 3 saturated carbocycles. The summed E-state index contributed by atoms with van der Waals surface area (Å²) < 4.78 is 0. The van der Waals surface area contributed by atoms with Crippen LogP contribution < -0.4 is 0 Å². The summed E-state index contributed by atoms with van der Waals surface area (Å²) in [5.41, 5.74) is -2.90. The van der Waals surface area contributed by atoms with E-state index < -0.39 is 52.4 Å². The zero-order chi connectivity index (χ0) is 25.4. The van der Waals surface area contributed by atoms with Crippen LogP contribution in [-0.2, 0) is 4.79 Å². The number of allylic oxidation sites excluding steroid dienone is 1. The van der Waals surface area contributed by atoms with Crippen LogP contribution in [0.3, 0.4) is 0 Å². The van der Waals surface area contributed by atoms with Crippen molar-refractivity contribution in [1.29, 1.82) is 0 Å². The Bertz CT molecular complexity index is 848. The Labute approximate surface area is 202 Å². The number of carbonyl (C=O) groups excluding carboxylic acids is 1. The van der Waals surface area contributed by atoms with E-state index in [1.807, 2.05) is 13.8 Å². The quantitative estimate of drug-likeness (QED) is 0.352. The van der Waals surface area contributed by atoms with Crippen LogP contribution in [0.4, 0.5) is 0 Å². The van der Waals surface area contributed by atoms with Crippen LogP contribution >= 0.6 is 0 Å². The maximum absolute atomic E-state index is 13.3. The Hall–Kier alpha value is -0.830. The van der Waals surface area contributed by atoms with Crippen molar-refractivity contribution in [2.75, 3.05) is 0 Å². The van der Waals surface area contributed by atoms with Crippen molar-refractivity contribution >= 4 is 5.78 Å². The average molecular weight is 481 g/mol. The van der Waals surface area contributed by atoms with Gasteiger partial charge in [-0.2, -0.15) is 0 Å². The van der Waals surface area contributed by atoms with E-state index in [4.69, 9.17) is 0 Å². The molecule has 0 aromatic heterocycles. The van der Waals surface area contributed by atoms with Crippen LogP contribution in [0, 0.1) is 34.5 Å². The Kier molecular flexibility index (Phi) is 6.45. The molecule has 34 heavy (non-hydrogen) atoms. The molecule has 0 heterocycles. The summed E-state index contributed by atoms with van der Waals surface area (Å²) in [6.45, 7) is 9.38. The van der Waals surface area contributed by atoms with Gasteiger partial charge in [0.05, 0.1) is 29.5 Å². The lowest BCUT2D eigenvalue weighted by Gasteiger charge is -2.61. The fraction of sp³-hybridized carbons (Fsp3) is 0.889. The van der Waals surface area contributed by atoms with Crippen LogP contribution in [0.5, 0.6) is 0 Å². The number of carbonyl (C=O) groups is 1.